The molecule has 1 aromatic carbocycles. The molecule has 0 radical (unpaired) electrons. The Morgan fingerprint density at radius 2 is 2.29 bits per heavy atom. The van der Waals surface area contributed by atoms with E-state index < -0.39 is 5.97 Å². The molecular formula is C11H15NO2. The van der Waals surface area contributed by atoms with Gasteiger partial charge < -0.3 is 10.8 Å². The minimum absolute atomic E-state index is 0.110. The first-order chi connectivity index (χ1) is 6.63. The Morgan fingerprint density at radius 3 is 2.86 bits per heavy atom. The molecule has 1 rings (SSSR count). The fourth-order valence-electron chi connectivity index (χ4n) is 1.28. The van der Waals surface area contributed by atoms with Gasteiger partial charge in [0, 0.05) is 6.04 Å². The summed E-state index contributed by atoms with van der Waals surface area (Å²) in [5.74, 6) is -0.892. The van der Waals surface area contributed by atoms with E-state index >= 15 is 0 Å². The van der Waals surface area contributed by atoms with E-state index in [4.69, 9.17) is 10.8 Å². The van der Waals surface area contributed by atoms with Crippen molar-refractivity contribution in [1.29, 1.82) is 0 Å². The standard InChI is InChI=1S/C11H15NO2/c1-2-10(12)7-8-4-3-5-9(6-8)11(13)14/h3-6,10H,2,7,12H2,1H3,(H,13,14). The van der Waals surface area contributed by atoms with Gasteiger partial charge in [0.2, 0.25) is 0 Å². The van der Waals surface area contributed by atoms with Crippen LogP contribution in [0.1, 0.15) is 29.3 Å². The molecule has 3 N–H and O–H groups in total. The molecule has 0 heterocycles. The highest BCUT2D eigenvalue weighted by Crippen LogP contribution is 2.08. The zero-order valence-corrected chi connectivity index (χ0v) is 8.23. The number of carboxylic acids is 1. The molecule has 3 nitrogen and oxygen atoms in total. The van der Waals surface area contributed by atoms with Crippen LogP contribution in [0.3, 0.4) is 0 Å². The third-order valence-corrected chi connectivity index (χ3v) is 2.20. The average molecular weight is 193 g/mol. The van der Waals surface area contributed by atoms with E-state index in [0.717, 1.165) is 18.4 Å². The first kappa shape index (κ1) is 10.7. The Morgan fingerprint density at radius 1 is 1.57 bits per heavy atom. The molecule has 0 bridgehead atoms. The first-order valence-corrected chi connectivity index (χ1v) is 4.71. The second-order valence-electron chi connectivity index (χ2n) is 3.38. The fraction of sp³-hybridized carbons (Fsp3) is 0.364. The highest BCUT2D eigenvalue weighted by molar-refractivity contribution is 5.87. The van der Waals surface area contributed by atoms with Crippen molar-refractivity contribution in [3.8, 4) is 0 Å². The van der Waals surface area contributed by atoms with Crippen molar-refractivity contribution in [3.63, 3.8) is 0 Å². The molecule has 0 aliphatic carbocycles. The van der Waals surface area contributed by atoms with E-state index in [1.165, 1.54) is 0 Å². The van der Waals surface area contributed by atoms with Crippen LogP contribution in [0.2, 0.25) is 0 Å². The molecule has 1 aromatic rings. The maximum absolute atomic E-state index is 10.7. The van der Waals surface area contributed by atoms with Crippen LogP contribution in [0, 0.1) is 0 Å². The molecule has 76 valence electrons. The zero-order chi connectivity index (χ0) is 10.6. The summed E-state index contributed by atoms with van der Waals surface area (Å²) >= 11 is 0. The molecule has 0 saturated carbocycles. The van der Waals surface area contributed by atoms with Gasteiger partial charge in [-0.15, -0.1) is 0 Å². The van der Waals surface area contributed by atoms with E-state index in [0.29, 0.717) is 5.56 Å². The van der Waals surface area contributed by atoms with Gasteiger partial charge in [0.05, 0.1) is 5.56 Å². The third kappa shape index (κ3) is 2.85. The average Bonchev–Trinajstić information content (AvgIpc) is 2.18. The second kappa shape index (κ2) is 4.77. The minimum Gasteiger partial charge on any atom is -0.478 e. The SMILES string of the molecule is CCC(N)Cc1cccc(C(=O)O)c1. The van der Waals surface area contributed by atoms with Gasteiger partial charge in [-0.05, 0) is 30.5 Å². The molecule has 14 heavy (non-hydrogen) atoms. The molecule has 0 aliphatic rings. The van der Waals surface area contributed by atoms with Crippen LogP contribution >= 0.6 is 0 Å². The van der Waals surface area contributed by atoms with Crippen molar-refractivity contribution < 1.29 is 9.90 Å². The van der Waals surface area contributed by atoms with Crippen LogP contribution in [0.25, 0.3) is 0 Å². The molecule has 3 heteroatoms. The predicted octanol–water partition coefficient (Wildman–Crippen LogP) is 1.66. The molecule has 1 atom stereocenters. The lowest BCUT2D eigenvalue weighted by atomic mass is 10.0. The van der Waals surface area contributed by atoms with Crippen LogP contribution < -0.4 is 5.73 Å². The Labute approximate surface area is 83.6 Å². The highest BCUT2D eigenvalue weighted by atomic mass is 16.4. The van der Waals surface area contributed by atoms with Crippen molar-refractivity contribution in [2.75, 3.05) is 0 Å². The van der Waals surface area contributed by atoms with Crippen LogP contribution in [-0.2, 0) is 6.42 Å². The van der Waals surface area contributed by atoms with E-state index in [2.05, 4.69) is 0 Å². The molecule has 0 aliphatic heterocycles. The van der Waals surface area contributed by atoms with Crippen molar-refractivity contribution >= 4 is 5.97 Å². The molecule has 0 spiro atoms. The number of rotatable bonds is 4. The van der Waals surface area contributed by atoms with Crippen molar-refractivity contribution in [1.82, 2.24) is 0 Å². The number of carbonyl (C=O) groups is 1. The quantitative estimate of drug-likeness (QED) is 0.764. The predicted molar refractivity (Wildman–Crippen MR) is 55.4 cm³/mol. The third-order valence-electron chi connectivity index (χ3n) is 2.20. The summed E-state index contributed by atoms with van der Waals surface area (Å²) in [6, 6.07) is 7.03. The van der Waals surface area contributed by atoms with Gasteiger partial charge in [-0.2, -0.15) is 0 Å². The Balaban J connectivity index is 2.78. The monoisotopic (exact) mass is 193 g/mol. The molecule has 1 unspecified atom stereocenters. The molecule has 0 saturated heterocycles. The van der Waals surface area contributed by atoms with Crippen LogP contribution in [-0.4, -0.2) is 17.1 Å². The second-order valence-corrected chi connectivity index (χ2v) is 3.38. The van der Waals surface area contributed by atoms with Crippen molar-refractivity contribution in [3.05, 3.63) is 35.4 Å². The van der Waals surface area contributed by atoms with E-state index in [1.54, 1.807) is 18.2 Å². The minimum atomic E-state index is -0.892. The van der Waals surface area contributed by atoms with Crippen molar-refractivity contribution in [2.45, 2.75) is 25.8 Å². The number of hydrogen-bond donors (Lipinski definition) is 2. The van der Waals surface area contributed by atoms with Gasteiger partial charge in [0.15, 0.2) is 0 Å². The van der Waals surface area contributed by atoms with Crippen LogP contribution in [0.15, 0.2) is 24.3 Å². The van der Waals surface area contributed by atoms with E-state index in [9.17, 15) is 4.79 Å². The molecule has 0 fully saturated rings. The number of benzene rings is 1. The number of nitrogens with two attached hydrogens (primary N) is 1. The summed E-state index contributed by atoms with van der Waals surface area (Å²) in [7, 11) is 0. The number of carboxylic acid groups (broad SMARTS) is 1. The summed E-state index contributed by atoms with van der Waals surface area (Å²) < 4.78 is 0. The lowest BCUT2D eigenvalue weighted by Crippen LogP contribution is -2.21. The van der Waals surface area contributed by atoms with Gasteiger partial charge in [-0.3, -0.25) is 0 Å². The summed E-state index contributed by atoms with van der Waals surface area (Å²) in [5, 5.41) is 8.77. The Hall–Kier alpha value is -1.35. The maximum Gasteiger partial charge on any atom is 0.335 e. The molecule has 0 aromatic heterocycles. The van der Waals surface area contributed by atoms with E-state index in [1.807, 2.05) is 13.0 Å². The normalized spacial score (nSPS) is 12.4. The molecule has 0 amide bonds. The Bertz CT molecular complexity index is 323. The molecular weight excluding hydrogens is 178 g/mol. The fourth-order valence-corrected chi connectivity index (χ4v) is 1.28. The van der Waals surface area contributed by atoms with Gasteiger partial charge in [-0.25, -0.2) is 4.79 Å². The van der Waals surface area contributed by atoms with Crippen LogP contribution in [0.5, 0.6) is 0 Å². The lowest BCUT2D eigenvalue weighted by Gasteiger charge is -2.08. The summed E-state index contributed by atoms with van der Waals surface area (Å²) in [6.45, 7) is 2.02. The first-order valence-electron chi connectivity index (χ1n) is 4.71. The number of hydrogen-bond acceptors (Lipinski definition) is 2. The Kier molecular flexibility index (Phi) is 3.65. The van der Waals surface area contributed by atoms with Gasteiger partial charge in [-0.1, -0.05) is 19.1 Å². The summed E-state index contributed by atoms with van der Waals surface area (Å²) in [5.41, 5.74) is 7.09. The lowest BCUT2D eigenvalue weighted by molar-refractivity contribution is 0.0696. The zero-order valence-electron chi connectivity index (χ0n) is 8.23. The maximum atomic E-state index is 10.7. The highest BCUT2D eigenvalue weighted by Gasteiger charge is 2.05. The largest absolute Gasteiger partial charge is 0.478 e. The van der Waals surface area contributed by atoms with Crippen molar-refractivity contribution in [2.24, 2.45) is 5.73 Å². The van der Waals surface area contributed by atoms with Gasteiger partial charge in [0.1, 0.15) is 0 Å². The summed E-state index contributed by atoms with van der Waals surface area (Å²) in [4.78, 5) is 10.7. The summed E-state index contributed by atoms with van der Waals surface area (Å²) in [6.07, 6.45) is 1.63. The topological polar surface area (TPSA) is 63.3 Å². The smallest absolute Gasteiger partial charge is 0.335 e. The van der Waals surface area contributed by atoms with Gasteiger partial charge >= 0.3 is 5.97 Å². The number of aromatic carboxylic acids is 1. The van der Waals surface area contributed by atoms with Crippen LogP contribution in [0.4, 0.5) is 0 Å². The van der Waals surface area contributed by atoms with Gasteiger partial charge in [0.25, 0.3) is 0 Å². The van der Waals surface area contributed by atoms with E-state index in [-0.39, 0.29) is 6.04 Å².